The van der Waals surface area contributed by atoms with Gasteiger partial charge in [-0.15, -0.1) is 0 Å². The van der Waals surface area contributed by atoms with E-state index < -0.39 is 11.9 Å². The zero-order valence-corrected chi connectivity index (χ0v) is 13.9. The van der Waals surface area contributed by atoms with Crippen molar-refractivity contribution in [2.75, 3.05) is 12.4 Å². The summed E-state index contributed by atoms with van der Waals surface area (Å²) in [7, 11) is 1.30. The second kappa shape index (κ2) is 7.43. The Balaban J connectivity index is 1.82. The second-order valence-corrected chi connectivity index (χ2v) is 5.33. The lowest BCUT2D eigenvalue weighted by molar-refractivity contribution is 0.0600. The molecule has 0 aliphatic rings. The molecule has 7 nitrogen and oxygen atoms in total. The highest BCUT2D eigenvalue weighted by atomic mass is 16.5. The van der Waals surface area contributed by atoms with Crippen LogP contribution in [0.5, 0.6) is 0 Å². The van der Waals surface area contributed by atoms with E-state index >= 15 is 0 Å². The van der Waals surface area contributed by atoms with Crippen LogP contribution in [-0.2, 0) is 4.74 Å². The number of methoxy groups -OCH3 is 1. The first-order valence-corrected chi connectivity index (χ1v) is 7.74. The van der Waals surface area contributed by atoms with Crippen molar-refractivity contribution >= 4 is 17.6 Å². The van der Waals surface area contributed by atoms with Crippen molar-refractivity contribution in [3.63, 3.8) is 0 Å². The Morgan fingerprint density at radius 2 is 1.65 bits per heavy atom. The first-order chi connectivity index (χ1) is 12.6. The van der Waals surface area contributed by atoms with Crippen LogP contribution in [0.4, 0.5) is 5.69 Å². The predicted molar refractivity (Wildman–Crippen MR) is 95.6 cm³/mol. The molecule has 0 aliphatic carbocycles. The first kappa shape index (κ1) is 17.1. The first-order valence-electron chi connectivity index (χ1n) is 7.74. The number of nitrogens with one attached hydrogen (secondary N) is 1. The number of amides is 1. The summed E-state index contributed by atoms with van der Waals surface area (Å²) >= 11 is 0. The zero-order valence-electron chi connectivity index (χ0n) is 13.9. The molecule has 0 saturated heterocycles. The van der Waals surface area contributed by atoms with Gasteiger partial charge in [0.05, 0.1) is 18.4 Å². The Morgan fingerprint density at radius 1 is 0.962 bits per heavy atom. The molecule has 130 valence electrons. The van der Waals surface area contributed by atoms with Gasteiger partial charge in [0.2, 0.25) is 0 Å². The number of ether oxygens (including phenoxy) is 1. The molecule has 0 unspecified atom stereocenters. The average Bonchev–Trinajstić information content (AvgIpc) is 2.69. The summed E-state index contributed by atoms with van der Waals surface area (Å²) in [5, 5.41) is 6.79. The Bertz CT molecular complexity index is 995. The molecule has 3 aromatic rings. The maximum Gasteiger partial charge on any atom is 0.337 e. The van der Waals surface area contributed by atoms with E-state index in [1.165, 1.54) is 19.2 Å². The lowest BCUT2D eigenvalue weighted by atomic mass is 10.2. The smallest absolute Gasteiger partial charge is 0.337 e. The number of carbonyl (C=O) groups excluding carboxylic acids is 2. The van der Waals surface area contributed by atoms with Crippen LogP contribution in [0.25, 0.3) is 5.69 Å². The third-order valence-corrected chi connectivity index (χ3v) is 3.60. The van der Waals surface area contributed by atoms with E-state index in [4.69, 9.17) is 0 Å². The summed E-state index contributed by atoms with van der Waals surface area (Å²) in [6, 6.07) is 17.7. The molecular formula is C19H15N3O4. The quantitative estimate of drug-likeness (QED) is 0.730. The van der Waals surface area contributed by atoms with Crippen LogP contribution in [0.3, 0.4) is 0 Å². The molecule has 7 heteroatoms. The van der Waals surface area contributed by atoms with E-state index in [2.05, 4.69) is 15.2 Å². The molecule has 0 spiro atoms. The van der Waals surface area contributed by atoms with Gasteiger partial charge in [0.1, 0.15) is 5.69 Å². The number of rotatable bonds is 4. The summed E-state index contributed by atoms with van der Waals surface area (Å²) in [6.07, 6.45) is 0. The van der Waals surface area contributed by atoms with E-state index in [0.29, 0.717) is 16.9 Å². The maximum absolute atomic E-state index is 12.4. The fourth-order valence-electron chi connectivity index (χ4n) is 2.29. The highest BCUT2D eigenvalue weighted by Crippen LogP contribution is 2.12. The summed E-state index contributed by atoms with van der Waals surface area (Å²) in [4.78, 5) is 35.8. The largest absolute Gasteiger partial charge is 0.465 e. The lowest BCUT2D eigenvalue weighted by Crippen LogP contribution is -2.24. The van der Waals surface area contributed by atoms with E-state index in [9.17, 15) is 14.4 Å². The fourth-order valence-corrected chi connectivity index (χ4v) is 2.29. The number of hydrogen-bond acceptors (Lipinski definition) is 5. The molecule has 1 aromatic heterocycles. The number of carbonyl (C=O) groups is 2. The summed E-state index contributed by atoms with van der Waals surface area (Å²) in [5.74, 6) is -0.931. The molecule has 1 amide bonds. The van der Waals surface area contributed by atoms with Crippen molar-refractivity contribution in [1.29, 1.82) is 0 Å². The number of nitrogens with zero attached hydrogens (tertiary/aromatic N) is 2. The van der Waals surface area contributed by atoms with Gasteiger partial charge in [-0.1, -0.05) is 18.2 Å². The van der Waals surface area contributed by atoms with Crippen LogP contribution >= 0.6 is 0 Å². The second-order valence-electron chi connectivity index (χ2n) is 5.33. The van der Waals surface area contributed by atoms with Crippen LogP contribution in [0, 0.1) is 0 Å². The van der Waals surface area contributed by atoms with Gasteiger partial charge in [-0.25, -0.2) is 4.79 Å². The Hall–Kier alpha value is -3.74. The molecule has 0 saturated carbocycles. The van der Waals surface area contributed by atoms with Crippen LogP contribution in [0.15, 0.2) is 71.5 Å². The van der Waals surface area contributed by atoms with E-state index in [-0.39, 0.29) is 11.3 Å². The van der Waals surface area contributed by atoms with E-state index in [1.807, 2.05) is 6.07 Å². The van der Waals surface area contributed by atoms with Crippen LogP contribution in [0.1, 0.15) is 20.8 Å². The van der Waals surface area contributed by atoms with Crippen molar-refractivity contribution in [3.05, 3.63) is 88.3 Å². The minimum Gasteiger partial charge on any atom is -0.465 e. The molecule has 0 aliphatic heterocycles. The number of esters is 1. The van der Waals surface area contributed by atoms with Crippen LogP contribution in [0.2, 0.25) is 0 Å². The summed E-state index contributed by atoms with van der Waals surface area (Å²) < 4.78 is 5.79. The number of hydrogen-bond donors (Lipinski definition) is 1. The number of aromatic nitrogens is 2. The van der Waals surface area contributed by atoms with Gasteiger partial charge in [0, 0.05) is 11.8 Å². The molecule has 26 heavy (non-hydrogen) atoms. The molecule has 0 fully saturated rings. The normalized spacial score (nSPS) is 10.2. The van der Waals surface area contributed by atoms with Gasteiger partial charge in [0.15, 0.2) is 0 Å². The molecule has 0 atom stereocenters. The van der Waals surface area contributed by atoms with Crippen molar-refractivity contribution in [3.8, 4) is 5.69 Å². The molecule has 3 rings (SSSR count). The van der Waals surface area contributed by atoms with Gasteiger partial charge in [-0.2, -0.15) is 9.78 Å². The number of benzene rings is 2. The molecular weight excluding hydrogens is 334 g/mol. The predicted octanol–water partition coefficient (Wildman–Crippen LogP) is 2.27. The fraction of sp³-hybridized carbons (Fsp3) is 0.0526. The Morgan fingerprint density at radius 3 is 2.31 bits per heavy atom. The van der Waals surface area contributed by atoms with E-state index in [1.54, 1.807) is 48.5 Å². The molecule has 1 N–H and O–H groups in total. The average molecular weight is 349 g/mol. The van der Waals surface area contributed by atoms with Crippen molar-refractivity contribution < 1.29 is 14.3 Å². The number of para-hydroxylation sites is 1. The standard InChI is InChI=1S/C19H15N3O4/c1-26-19(25)13-7-9-14(10-8-13)20-18(24)16-11-12-17(23)22(21-16)15-5-3-2-4-6-15/h2-12H,1H3,(H,20,24). The summed E-state index contributed by atoms with van der Waals surface area (Å²) in [6.45, 7) is 0. The molecule has 1 heterocycles. The monoisotopic (exact) mass is 349 g/mol. The molecule has 2 aromatic carbocycles. The third-order valence-electron chi connectivity index (χ3n) is 3.60. The Labute approximate surface area is 148 Å². The molecule has 0 radical (unpaired) electrons. The highest BCUT2D eigenvalue weighted by molar-refractivity contribution is 6.03. The molecule has 0 bridgehead atoms. The van der Waals surface area contributed by atoms with Crippen molar-refractivity contribution in [1.82, 2.24) is 9.78 Å². The van der Waals surface area contributed by atoms with Crippen molar-refractivity contribution in [2.45, 2.75) is 0 Å². The lowest BCUT2D eigenvalue weighted by Gasteiger charge is -2.08. The van der Waals surface area contributed by atoms with Crippen LogP contribution in [-0.4, -0.2) is 28.8 Å². The topological polar surface area (TPSA) is 90.3 Å². The summed E-state index contributed by atoms with van der Waals surface area (Å²) in [5.41, 5.74) is 1.18. The van der Waals surface area contributed by atoms with Gasteiger partial charge < -0.3 is 10.1 Å². The van der Waals surface area contributed by atoms with Gasteiger partial charge >= 0.3 is 5.97 Å². The van der Waals surface area contributed by atoms with Crippen LogP contribution < -0.4 is 10.9 Å². The van der Waals surface area contributed by atoms with Gasteiger partial charge in [-0.3, -0.25) is 9.59 Å². The van der Waals surface area contributed by atoms with Gasteiger partial charge in [-0.05, 0) is 42.5 Å². The highest BCUT2D eigenvalue weighted by Gasteiger charge is 2.12. The minimum atomic E-state index is -0.472. The number of anilines is 1. The minimum absolute atomic E-state index is 0.0884. The SMILES string of the molecule is COC(=O)c1ccc(NC(=O)c2ccc(=O)n(-c3ccccc3)n2)cc1. The van der Waals surface area contributed by atoms with E-state index in [0.717, 1.165) is 4.68 Å². The van der Waals surface area contributed by atoms with Gasteiger partial charge in [0.25, 0.3) is 11.5 Å². The van der Waals surface area contributed by atoms with Crippen molar-refractivity contribution in [2.24, 2.45) is 0 Å². The Kier molecular flexibility index (Phi) is 4.89. The zero-order chi connectivity index (χ0) is 18.5. The maximum atomic E-state index is 12.4. The third kappa shape index (κ3) is 3.67.